The maximum absolute atomic E-state index is 11.4. The number of benzene rings is 1. The molecule has 1 rings (SSSR count). The molecule has 0 fully saturated rings. The minimum Gasteiger partial charge on any atom is -0.256 e. The number of sulfonamides is 1. The van der Waals surface area contributed by atoms with Crippen LogP contribution in [0.3, 0.4) is 0 Å². The van der Waals surface area contributed by atoms with Crippen LogP contribution in [0.2, 0.25) is 0 Å². The molecule has 0 atom stereocenters. The summed E-state index contributed by atoms with van der Waals surface area (Å²) in [5.74, 6) is -0.0200. The van der Waals surface area contributed by atoms with E-state index < -0.39 is 10.0 Å². The maximum Gasteiger partial charge on any atom is 0.215 e. The highest BCUT2D eigenvalue weighted by Crippen LogP contribution is 2.03. The molecule has 1 aromatic carbocycles. The maximum atomic E-state index is 11.4. The number of hydrogen-bond acceptors (Lipinski definition) is 2. The smallest absolute Gasteiger partial charge is 0.215 e. The quantitative estimate of drug-likeness (QED) is 0.768. The molecule has 0 saturated heterocycles. The molecule has 0 aliphatic carbocycles. The normalized spacial score (nSPS) is 11.5. The van der Waals surface area contributed by atoms with Crippen molar-refractivity contribution in [1.29, 1.82) is 0 Å². The van der Waals surface area contributed by atoms with Crippen molar-refractivity contribution in [2.75, 3.05) is 13.1 Å². The van der Waals surface area contributed by atoms with E-state index in [2.05, 4.69) is 4.72 Å². The summed E-state index contributed by atoms with van der Waals surface area (Å²) in [5.41, 5.74) is 7.59. The van der Waals surface area contributed by atoms with Gasteiger partial charge in [0.25, 0.3) is 0 Å². The third-order valence-corrected chi connectivity index (χ3v) is 3.00. The monoisotopic (exact) mass is 213 g/mol. The zero-order chi connectivity index (χ0) is 10.4. The van der Waals surface area contributed by atoms with Gasteiger partial charge >= 0.3 is 0 Å². The predicted octanol–water partition coefficient (Wildman–Crippen LogP) is 0.389. The Hall–Kier alpha value is -0.910. The molecule has 0 saturated carbocycles. The molecule has 0 aliphatic heterocycles. The summed E-state index contributed by atoms with van der Waals surface area (Å²) in [6.45, 7) is 0.239. The average Bonchev–Trinajstić information content (AvgIpc) is 2.16. The molecular formula is C9H13N2O2S. The number of hydrogen-bond donors (Lipinski definition) is 1. The molecule has 0 spiro atoms. The first kappa shape index (κ1) is 11.2. The van der Waals surface area contributed by atoms with Gasteiger partial charge in [0.1, 0.15) is 0 Å². The zero-order valence-corrected chi connectivity index (χ0v) is 8.55. The van der Waals surface area contributed by atoms with E-state index in [1.54, 1.807) is 24.3 Å². The van der Waals surface area contributed by atoms with Gasteiger partial charge in [0.15, 0.2) is 0 Å². The minimum absolute atomic E-state index is 0.0200. The van der Waals surface area contributed by atoms with Gasteiger partial charge in [-0.05, 0) is 5.56 Å². The second-order valence-corrected chi connectivity index (χ2v) is 4.70. The largest absolute Gasteiger partial charge is 0.256 e. The van der Waals surface area contributed by atoms with Crippen molar-refractivity contribution in [3.8, 4) is 0 Å². The lowest BCUT2D eigenvalue weighted by molar-refractivity contribution is 0.581. The van der Waals surface area contributed by atoms with E-state index in [1.807, 2.05) is 6.07 Å². The Balaban J connectivity index is 2.60. The van der Waals surface area contributed by atoms with Gasteiger partial charge in [0, 0.05) is 13.1 Å². The van der Waals surface area contributed by atoms with Gasteiger partial charge in [0.05, 0.1) is 5.75 Å². The van der Waals surface area contributed by atoms with Crippen LogP contribution in [0.4, 0.5) is 0 Å². The summed E-state index contributed by atoms with van der Waals surface area (Å²) in [5, 5.41) is 0. The van der Waals surface area contributed by atoms with Gasteiger partial charge in [-0.15, -0.1) is 0 Å². The molecule has 2 N–H and O–H groups in total. The average molecular weight is 213 g/mol. The van der Waals surface area contributed by atoms with Crippen LogP contribution in [0, 0.1) is 0 Å². The SMILES string of the molecule is [NH]CCNS(=O)(=O)Cc1ccccc1. The molecule has 0 amide bonds. The van der Waals surface area contributed by atoms with Crippen LogP contribution in [-0.2, 0) is 15.8 Å². The van der Waals surface area contributed by atoms with Crippen LogP contribution < -0.4 is 10.5 Å². The first-order valence-corrected chi connectivity index (χ1v) is 5.95. The van der Waals surface area contributed by atoms with E-state index in [9.17, 15) is 8.42 Å². The Morgan fingerprint density at radius 3 is 2.43 bits per heavy atom. The van der Waals surface area contributed by atoms with Gasteiger partial charge < -0.3 is 0 Å². The Bertz CT molecular complexity index is 362. The van der Waals surface area contributed by atoms with Crippen molar-refractivity contribution in [2.45, 2.75) is 5.75 Å². The van der Waals surface area contributed by atoms with Crippen LogP contribution >= 0.6 is 0 Å². The second kappa shape index (κ2) is 5.09. The molecule has 77 valence electrons. The molecule has 0 aliphatic rings. The summed E-state index contributed by atoms with van der Waals surface area (Å²) in [6, 6.07) is 8.97. The fraction of sp³-hybridized carbons (Fsp3) is 0.333. The zero-order valence-electron chi connectivity index (χ0n) is 7.73. The Morgan fingerprint density at radius 2 is 1.86 bits per heavy atom. The van der Waals surface area contributed by atoms with Crippen molar-refractivity contribution in [1.82, 2.24) is 10.5 Å². The predicted molar refractivity (Wildman–Crippen MR) is 55.0 cm³/mol. The van der Waals surface area contributed by atoms with E-state index in [4.69, 9.17) is 5.73 Å². The van der Waals surface area contributed by atoms with E-state index >= 15 is 0 Å². The van der Waals surface area contributed by atoms with E-state index in [0.29, 0.717) is 0 Å². The van der Waals surface area contributed by atoms with Gasteiger partial charge in [-0.3, -0.25) is 5.73 Å². The first-order valence-electron chi connectivity index (χ1n) is 4.30. The first-order chi connectivity index (χ1) is 6.64. The van der Waals surface area contributed by atoms with Crippen molar-refractivity contribution in [3.05, 3.63) is 35.9 Å². The molecule has 0 heterocycles. The Labute approximate surface area is 84.2 Å². The number of nitrogens with one attached hydrogen (secondary N) is 2. The summed E-state index contributed by atoms with van der Waals surface area (Å²) >= 11 is 0. The minimum atomic E-state index is -3.27. The van der Waals surface area contributed by atoms with E-state index in [-0.39, 0.29) is 18.8 Å². The highest BCUT2D eigenvalue weighted by atomic mass is 32.2. The molecule has 5 heteroatoms. The van der Waals surface area contributed by atoms with Crippen LogP contribution in [-0.4, -0.2) is 21.5 Å². The van der Waals surface area contributed by atoms with E-state index in [1.165, 1.54) is 0 Å². The van der Waals surface area contributed by atoms with Gasteiger partial charge in [-0.2, -0.15) is 0 Å². The van der Waals surface area contributed by atoms with Crippen molar-refractivity contribution in [2.24, 2.45) is 0 Å². The van der Waals surface area contributed by atoms with Crippen molar-refractivity contribution in [3.63, 3.8) is 0 Å². The summed E-state index contributed by atoms with van der Waals surface area (Å²) in [7, 11) is -3.27. The van der Waals surface area contributed by atoms with Gasteiger partial charge in [0.2, 0.25) is 10.0 Å². The van der Waals surface area contributed by atoms with Crippen molar-refractivity contribution < 1.29 is 8.42 Å². The molecule has 0 unspecified atom stereocenters. The molecule has 4 nitrogen and oxygen atoms in total. The van der Waals surface area contributed by atoms with E-state index in [0.717, 1.165) is 5.56 Å². The highest BCUT2D eigenvalue weighted by molar-refractivity contribution is 7.88. The molecule has 14 heavy (non-hydrogen) atoms. The van der Waals surface area contributed by atoms with Crippen molar-refractivity contribution >= 4 is 10.0 Å². The van der Waals surface area contributed by atoms with Crippen LogP contribution in [0.1, 0.15) is 5.56 Å². The topological polar surface area (TPSA) is 70.0 Å². The fourth-order valence-corrected chi connectivity index (χ4v) is 2.20. The summed E-state index contributed by atoms with van der Waals surface area (Å²) in [6.07, 6.45) is 0. The van der Waals surface area contributed by atoms with Crippen LogP contribution in [0.5, 0.6) is 0 Å². The lowest BCUT2D eigenvalue weighted by Gasteiger charge is -2.04. The third-order valence-electron chi connectivity index (χ3n) is 1.65. The summed E-state index contributed by atoms with van der Waals surface area (Å²) < 4.78 is 25.1. The fourth-order valence-electron chi connectivity index (χ4n) is 1.05. The van der Waals surface area contributed by atoms with Crippen LogP contribution in [0.25, 0.3) is 0 Å². The molecule has 1 aromatic rings. The highest BCUT2D eigenvalue weighted by Gasteiger charge is 2.09. The standard InChI is InChI=1S/C9H13N2O2S/c10-6-7-11-14(12,13)8-9-4-2-1-3-5-9/h1-5,10-11H,6-8H2. The Kier molecular flexibility index (Phi) is 4.06. The van der Waals surface area contributed by atoms with Gasteiger partial charge in [-0.25, -0.2) is 13.1 Å². The molecule has 0 aromatic heterocycles. The molecular weight excluding hydrogens is 200 g/mol. The number of rotatable bonds is 5. The third kappa shape index (κ3) is 3.87. The second-order valence-electron chi connectivity index (χ2n) is 2.89. The van der Waals surface area contributed by atoms with Crippen LogP contribution in [0.15, 0.2) is 30.3 Å². The molecule has 1 radical (unpaired) electrons. The van der Waals surface area contributed by atoms with Gasteiger partial charge in [-0.1, -0.05) is 30.3 Å². The summed E-state index contributed by atoms with van der Waals surface area (Å²) in [4.78, 5) is 0. The lowest BCUT2D eigenvalue weighted by atomic mass is 10.2. The lowest BCUT2D eigenvalue weighted by Crippen LogP contribution is -2.28. The molecule has 0 bridgehead atoms. The Morgan fingerprint density at radius 1 is 1.21 bits per heavy atom.